The maximum atomic E-state index is 11.0. The predicted molar refractivity (Wildman–Crippen MR) is 86.3 cm³/mol. The van der Waals surface area contributed by atoms with E-state index in [-0.39, 0.29) is 11.7 Å². The molecule has 0 radical (unpaired) electrons. The van der Waals surface area contributed by atoms with Gasteiger partial charge in [0.05, 0.1) is 17.0 Å². The van der Waals surface area contributed by atoms with Crippen LogP contribution in [-0.4, -0.2) is 29.7 Å². The van der Waals surface area contributed by atoms with E-state index >= 15 is 0 Å². The lowest BCUT2D eigenvalue weighted by molar-refractivity contribution is -0.118. The summed E-state index contributed by atoms with van der Waals surface area (Å²) in [5.41, 5.74) is 2.06. The van der Waals surface area contributed by atoms with Gasteiger partial charge in [0.1, 0.15) is 0 Å². The van der Waals surface area contributed by atoms with Gasteiger partial charge in [-0.3, -0.25) is 9.78 Å². The Morgan fingerprint density at radius 3 is 2.80 bits per heavy atom. The van der Waals surface area contributed by atoms with Crippen LogP contribution in [-0.2, 0) is 4.79 Å². The smallest absolute Gasteiger partial charge is 0.229 e. The zero-order valence-corrected chi connectivity index (χ0v) is 12.2. The Hall–Kier alpha value is -1.75. The van der Waals surface area contributed by atoms with Gasteiger partial charge in [-0.2, -0.15) is 12.6 Å². The van der Waals surface area contributed by atoms with E-state index in [0.29, 0.717) is 6.54 Å². The topological polar surface area (TPSA) is 54.0 Å². The van der Waals surface area contributed by atoms with Crippen LogP contribution < -0.4 is 10.6 Å². The number of thiol groups is 1. The fourth-order valence-electron chi connectivity index (χ4n) is 2.00. The SMILES string of the molecule is O=C(CS)NCCCCNc1cccc2cccnc12. The highest BCUT2D eigenvalue weighted by Crippen LogP contribution is 2.20. The average molecular weight is 289 g/mol. The second kappa shape index (κ2) is 7.75. The van der Waals surface area contributed by atoms with Gasteiger partial charge in [-0.05, 0) is 25.0 Å². The number of rotatable bonds is 7. The largest absolute Gasteiger partial charge is 0.383 e. The molecule has 20 heavy (non-hydrogen) atoms. The third-order valence-corrected chi connectivity index (χ3v) is 3.30. The summed E-state index contributed by atoms with van der Waals surface area (Å²) in [6.07, 6.45) is 3.75. The Balaban J connectivity index is 1.77. The molecule has 2 rings (SSSR count). The fraction of sp³-hybridized carbons (Fsp3) is 0.333. The molecule has 106 valence electrons. The van der Waals surface area contributed by atoms with Gasteiger partial charge in [-0.25, -0.2) is 0 Å². The van der Waals surface area contributed by atoms with Gasteiger partial charge in [0, 0.05) is 24.7 Å². The molecule has 0 atom stereocenters. The van der Waals surface area contributed by atoms with Crippen LogP contribution in [0.2, 0.25) is 0 Å². The number of pyridine rings is 1. The standard InChI is InChI=1S/C15H19N3OS/c19-14(11-20)17-9-2-1-8-16-13-7-3-5-12-6-4-10-18-15(12)13/h3-7,10,16,20H,1-2,8-9,11H2,(H,17,19). The molecular formula is C15H19N3OS. The minimum Gasteiger partial charge on any atom is -0.383 e. The Morgan fingerprint density at radius 2 is 1.95 bits per heavy atom. The van der Waals surface area contributed by atoms with Gasteiger partial charge in [-0.15, -0.1) is 0 Å². The molecule has 0 aliphatic carbocycles. The second-order valence-electron chi connectivity index (χ2n) is 4.52. The van der Waals surface area contributed by atoms with Gasteiger partial charge in [0.15, 0.2) is 0 Å². The van der Waals surface area contributed by atoms with Gasteiger partial charge in [0.2, 0.25) is 5.91 Å². The summed E-state index contributed by atoms with van der Waals surface area (Å²) in [5, 5.41) is 7.34. The number of nitrogens with zero attached hydrogens (tertiary/aromatic N) is 1. The molecule has 0 aliphatic heterocycles. The number of carbonyl (C=O) groups is 1. The van der Waals surface area contributed by atoms with E-state index in [0.717, 1.165) is 36.0 Å². The molecule has 0 fully saturated rings. The van der Waals surface area contributed by atoms with Gasteiger partial charge in [-0.1, -0.05) is 18.2 Å². The molecule has 2 aromatic rings. The number of fused-ring (bicyclic) bond motifs is 1. The Kier molecular flexibility index (Phi) is 5.68. The number of aromatic nitrogens is 1. The molecule has 4 nitrogen and oxygen atoms in total. The molecule has 1 amide bonds. The summed E-state index contributed by atoms with van der Waals surface area (Å²) < 4.78 is 0. The van der Waals surface area contributed by atoms with Crippen molar-refractivity contribution in [3.63, 3.8) is 0 Å². The number of hydrogen-bond acceptors (Lipinski definition) is 4. The third-order valence-electron chi connectivity index (χ3n) is 3.02. The molecule has 1 heterocycles. The number of para-hydroxylation sites is 1. The quantitative estimate of drug-likeness (QED) is 0.542. The molecule has 2 N–H and O–H groups in total. The first-order valence-corrected chi connectivity index (χ1v) is 7.39. The molecule has 5 heteroatoms. The zero-order chi connectivity index (χ0) is 14.2. The number of carbonyl (C=O) groups excluding carboxylic acids is 1. The van der Waals surface area contributed by atoms with E-state index in [9.17, 15) is 4.79 Å². The summed E-state index contributed by atoms with van der Waals surface area (Å²) in [4.78, 5) is 15.4. The number of amides is 1. The van der Waals surface area contributed by atoms with Crippen molar-refractivity contribution in [2.45, 2.75) is 12.8 Å². The maximum Gasteiger partial charge on any atom is 0.229 e. The minimum atomic E-state index is -0.0143. The van der Waals surface area contributed by atoms with Gasteiger partial charge in [0.25, 0.3) is 0 Å². The zero-order valence-electron chi connectivity index (χ0n) is 11.3. The average Bonchev–Trinajstić information content (AvgIpc) is 2.50. The first-order valence-electron chi connectivity index (χ1n) is 6.76. The number of anilines is 1. The summed E-state index contributed by atoms with van der Waals surface area (Å²) in [7, 11) is 0. The molecule has 0 unspecified atom stereocenters. The number of hydrogen-bond donors (Lipinski definition) is 3. The Bertz CT molecular complexity index is 569. The van der Waals surface area contributed by atoms with E-state index in [4.69, 9.17) is 0 Å². The highest BCUT2D eigenvalue weighted by molar-refractivity contribution is 7.81. The lowest BCUT2D eigenvalue weighted by Crippen LogP contribution is -2.25. The lowest BCUT2D eigenvalue weighted by atomic mass is 10.2. The lowest BCUT2D eigenvalue weighted by Gasteiger charge is -2.09. The van der Waals surface area contributed by atoms with Crippen LogP contribution in [0.5, 0.6) is 0 Å². The summed E-state index contributed by atoms with van der Waals surface area (Å²) in [6, 6.07) is 10.1. The number of nitrogens with one attached hydrogen (secondary N) is 2. The van der Waals surface area contributed by atoms with E-state index in [2.05, 4.69) is 40.4 Å². The monoisotopic (exact) mass is 289 g/mol. The first kappa shape index (κ1) is 14.7. The molecule has 0 aliphatic rings. The van der Waals surface area contributed by atoms with Crippen LogP contribution in [0, 0.1) is 0 Å². The van der Waals surface area contributed by atoms with Gasteiger partial charge >= 0.3 is 0 Å². The summed E-state index contributed by atoms with van der Waals surface area (Å²) in [6.45, 7) is 1.57. The fourth-order valence-corrected chi connectivity index (χ4v) is 2.12. The molecule has 1 aromatic heterocycles. The van der Waals surface area contributed by atoms with Crippen LogP contribution in [0.1, 0.15) is 12.8 Å². The number of benzene rings is 1. The molecule has 0 bridgehead atoms. The highest BCUT2D eigenvalue weighted by atomic mass is 32.1. The number of unbranched alkanes of at least 4 members (excludes halogenated alkanes) is 1. The van der Waals surface area contributed by atoms with Gasteiger partial charge < -0.3 is 10.6 Å². The van der Waals surface area contributed by atoms with Crippen molar-refractivity contribution in [2.75, 3.05) is 24.2 Å². The second-order valence-corrected chi connectivity index (χ2v) is 4.84. The van der Waals surface area contributed by atoms with Crippen LogP contribution in [0.3, 0.4) is 0 Å². The maximum absolute atomic E-state index is 11.0. The molecule has 1 aromatic carbocycles. The molecule has 0 spiro atoms. The highest BCUT2D eigenvalue weighted by Gasteiger charge is 2.00. The molecule has 0 saturated heterocycles. The van der Waals surface area contributed by atoms with Crippen molar-refractivity contribution in [3.05, 3.63) is 36.5 Å². The summed E-state index contributed by atoms with van der Waals surface area (Å²) >= 11 is 3.91. The van der Waals surface area contributed by atoms with Crippen molar-refractivity contribution in [1.82, 2.24) is 10.3 Å². The van der Waals surface area contributed by atoms with E-state index in [1.807, 2.05) is 18.2 Å². The van der Waals surface area contributed by atoms with Crippen molar-refractivity contribution < 1.29 is 4.79 Å². The van der Waals surface area contributed by atoms with Crippen LogP contribution in [0.15, 0.2) is 36.5 Å². The van der Waals surface area contributed by atoms with E-state index in [1.54, 1.807) is 6.20 Å². The normalized spacial score (nSPS) is 10.4. The van der Waals surface area contributed by atoms with Crippen molar-refractivity contribution in [2.24, 2.45) is 0 Å². The Morgan fingerprint density at radius 1 is 1.15 bits per heavy atom. The van der Waals surface area contributed by atoms with Crippen LogP contribution in [0.4, 0.5) is 5.69 Å². The van der Waals surface area contributed by atoms with Crippen molar-refractivity contribution in [3.8, 4) is 0 Å². The Labute approximate surface area is 124 Å². The molecular weight excluding hydrogens is 270 g/mol. The predicted octanol–water partition coefficient (Wildman–Crippen LogP) is 2.47. The molecule has 0 saturated carbocycles. The van der Waals surface area contributed by atoms with Crippen molar-refractivity contribution in [1.29, 1.82) is 0 Å². The summed E-state index contributed by atoms with van der Waals surface area (Å²) in [5.74, 6) is 0.236. The van der Waals surface area contributed by atoms with E-state index < -0.39 is 0 Å². The van der Waals surface area contributed by atoms with Crippen molar-refractivity contribution >= 4 is 35.1 Å². The first-order chi connectivity index (χ1) is 9.81. The van der Waals surface area contributed by atoms with Crippen LogP contribution >= 0.6 is 12.6 Å². The van der Waals surface area contributed by atoms with Crippen LogP contribution in [0.25, 0.3) is 10.9 Å². The third kappa shape index (κ3) is 4.13. The minimum absolute atomic E-state index is 0.0143. The van der Waals surface area contributed by atoms with E-state index in [1.165, 1.54) is 0 Å².